The molecule has 4 nitrogen and oxygen atoms in total. The highest BCUT2D eigenvalue weighted by Crippen LogP contribution is 2.40. The number of hydrogen-bond donors (Lipinski definition) is 1. The minimum Gasteiger partial charge on any atom is -0.324 e. The molecule has 0 bridgehead atoms. The van der Waals surface area contributed by atoms with E-state index in [0.717, 1.165) is 0 Å². The Bertz CT molecular complexity index is 839. The minimum absolute atomic E-state index is 0.00227. The number of hydrogen-bond acceptors (Lipinski definition) is 3. The van der Waals surface area contributed by atoms with Crippen molar-refractivity contribution in [2.75, 3.05) is 0 Å². The molecule has 1 aliphatic rings. The lowest BCUT2D eigenvalue weighted by Gasteiger charge is -2.11. The number of benzene rings is 1. The van der Waals surface area contributed by atoms with Crippen LogP contribution in [0.2, 0.25) is 0 Å². The van der Waals surface area contributed by atoms with E-state index < -0.39 is 5.56 Å². The second-order valence-electron chi connectivity index (χ2n) is 5.13. The number of fused-ring (bicyclic) bond motifs is 3. The number of carbonyl (C=O) groups excluding carboxylic acids is 1. The standard InChI is InChI=1S/C16H12N2O2/c1-8(2)14-13-12(11(7-17)16(20)18-14)9-5-3-4-6-10(9)15(13)19/h3-6,8H,1-2H3,(H,18,20). The third kappa shape index (κ3) is 1.47. The van der Waals surface area contributed by atoms with Crippen LogP contribution in [0.15, 0.2) is 29.1 Å². The molecule has 1 heterocycles. The van der Waals surface area contributed by atoms with Crippen LogP contribution in [0.1, 0.15) is 46.9 Å². The van der Waals surface area contributed by atoms with Crippen LogP contribution < -0.4 is 5.56 Å². The number of nitriles is 1. The maximum Gasteiger partial charge on any atom is 0.266 e. The molecule has 0 saturated heterocycles. The number of H-pyrrole nitrogens is 1. The van der Waals surface area contributed by atoms with Crippen LogP contribution in [-0.4, -0.2) is 10.8 Å². The summed E-state index contributed by atoms with van der Waals surface area (Å²) in [7, 11) is 0. The normalized spacial score (nSPS) is 12.2. The van der Waals surface area contributed by atoms with Crippen molar-refractivity contribution in [3.63, 3.8) is 0 Å². The Balaban J connectivity index is 2.52. The quantitative estimate of drug-likeness (QED) is 0.734. The van der Waals surface area contributed by atoms with Crippen molar-refractivity contribution in [3.8, 4) is 17.2 Å². The fourth-order valence-electron chi connectivity index (χ4n) is 2.70. The average molecular weight is 264 g/mol. The van der Waals surface area contributed by atoms with E-state index in [2.05, 4.69) is 4.98 Å². The van der Waals surface area contributed by atoms with Gasteiger partial charge in [-0.15, -0.1) is 0 Å². The SMILES string of the molecule is CC(C)c1[nH]c(=O)c(C#N)c2c1C(=O)c1ccccc1-2. The van der Waals surface area contributed by atoms with Crippen molar-refractivity contribution in [2.24, 2.45) is 0 Å². The summed E-state index contributed by atoms with van der Waals surface area (Å²) in [5.41, 5.74) is 2.38. The molecule has 0 spiro atoms. The van der Waals surface area contributed by atoms with Gasteiger partial charge < -0.3 is 4.98 Å². The van der Waals surface area contributed by atoms with E-state index in [9.17, 15) is 14.9 Å². The fourth-order valence-corrected chi connectivity index (χ4v) is 2.70. The maximum absolute atomic E-state index is 12.6. The molecule has 4 heteroatoms. The van der Waals surface area contributed by atoms with E-state index in [1.807, 2.05) is 19.9 Å². The van der Waals surface area contributed by atoms with Crippen molar-refractivity contribution in [3.05, 3.63) is 57.0 Å². The van der Waals surface area contributed by atoms with E-state index in [4.69, 9.17) is 0 Å². The van der Waals surface area contributed by atoms with Gasteiger partial charge in [0.15, 0.2) is 5.78 Å². The van der Waals surface area contributed by atoms with Crippen molar-refractivity contribution >= 4 is 5.78 Å². The number of ketones is 1. The molecule has 0 saturated carbocycles. The van der Waals surface area contributed by atoms with Gasteiger partial charge in [-0.05, 0) is 11.5 Å². The van der Waals surface area contributed by atoms with Crippen molar-refractivity contribution in [1.82, 2.24) is 4.98 Å². The van der Waals surface area contributed by atoms with Gasteiger partial charge in [0.25, 0.3) is 5.56 Å². The molecule has 0 fully saturated rings. The lowest BCUT2D eigenvalue weighted by Crippen LogP contribution is -2.18. The molecule has 1 aromatic heterocycles. The van der Waals surface area contributed by atoms with Gasteiger partial charge in [-0.3, -0.25) is 9.59 Å². The summed E-state index contributed by atoms with van der Waals surface area (Å²) in [6, 6.07) is 9.03. The molecule has 98 valence electrons. The van der Waals surface area contributed by atoms with Crippen LogP contribution in [0, 0.1) is 11.3 Å². The second kappa shape index (κ2) is 4.17. The molecule has 0 aliphatic heterocycles. The highest BCUT2D eigenvalue weighted by molar-refractivity contribution is 6.23. The van der Waals surface area contributed by atoms with Crippen molar-refractivity contribution in [2.45, 2.75) is 19.8 Å². The topological polar surface area (TPSA) is 73.7 Å². The number of aromatic nitrogens is 1. The number of carbonyl (C=O) groups is 1. The van der Waals surface area contributed by atoms with E-state index in [1.54, 1.807) is 24.3 Å². The van der Waals surface area contributed by atoms with Gasteiger partial charge in [0.05, 0.1) is 5.56 Å². The summed E-state index contributed by atoms with van der Waals surface area (Å²) >= 11 is 0. The van der Waals surface area contributed by atoms with Gasteiger partial charge in [0.1, 0.15) is 11.6 Å². The molecular formula is C16H12N2O2. The molecule has 20 heavy (non-hydrogen) atoms. The molecule has 0 amide bonds. The van der Waals surface area contributed by atoms with Crippen LogP contribution in [0.4, 0.5) is 0 Å². The fraction of sp³-hybridized carbons (Fsp3) is 0.188. The van der Waals surface area contributed by atoms with Crippen LogP contribution in [0.25, 0.3) is 11.1 Å². The summed E-state index contributed by atoms with van der Waals surface area (Å²) in [6.45, 7) is 3.82. The lowest BCUT2D eigenvalue weighted by molar-refractivity contribution is 0.104. The van der Waals surface area contributed by atoms with E-state index in [1.165, 1.54) is 0 Å². The third-order valence-corrected chi connectivity index (χ3v) is 3.60. The van der Waals surface area contributed by atoms with Gasteiger partial charge in [-0.1, -0.05) is 38.1 Å². The molecule has 1 N–H and O–H groups in total. The van der Waals surface area contributed by atoms with E-state index in [-0.39, 0.29) is 17.3 Å². The third-order valence-electron chi connectivity index (χ3n) is 3.60. The molecule has 0 atom stereocenters. The zero-order chi connectivity index (χ0) is 14.4. The summed E-state index contributed by atoms with van der Waals surface area (Å²) in [4.78, 5) is 27.3. The second-order valence-corrected chi connectivity index (χ2v) is 5.13. The maximum atomic E-state index is 12.6. The summed E-state index contributed by atoms with van der Waals surface area (Å²) in [5, 5.41) is 9.24. The van der Waals surface area contributed by atoms with E-state index in [0.29, 0.717) is 27.9 Å². The van der Waals surface area contributed by atoms with Gasteiger partial charge in [-0.25, -0.2) is 0 Å². The van der Waals surface area contributed by atoms with Gasteiger partial charge in [0, 0.05) is 16.8 Å². The van der Waals surface area contributed by atoms with Gasteiger partial charge in [-0.2, -0.15) is 5.26 Å². The Kier molecular flexibility index (Phi) is 2.58. The first-order valence-electron chi connectivity index (χ1n) is 6.40. The number of nitrogens with zero attached hydrogens (tertiary/aromatic N) is 1. The Morgan fingerprint density at radius 1 is 1.10 bits per heavy atom. The molecule has 3 rings (SSSR count). The van der Waals surface area contributed by atoms with Crippen LogP contribution in [0.3, 0.4) is 0 Å². The number of rotatable bonds is 1. The predicted molar refractivity (Wildman–Crippen MR) is 74.7 cm³/mol. The lowest BCUT2D eigenvalue weighted by atomic mass is 9.96. The highest BCUT2D eigenvalue weighted by Gasteiger charge is 2.33. The number of aromatic amines is 1. The molecule has 0 unspecified atom stereocenters. The first-order chi connectivity index (χ1) is 9.56. The zero-order valence-electron chi connectivity index (χ0n) is 11.2. The van der Waals surface area contributed by atoms with Crippen LogP contribution >= 0.6 is 0 Å². The summed E-state index contributed by atoms with van der Waals surface area (Å²) in [5.74, 6) is -0.116. The molecule has 2 aromatic rings. The minimum atomic E-state index is -0.431. The Morgan fingerprint density at radius 2 is 1.75 bits per heavy atom. The number of pyridine rings is 1. The largest absolute Gasteiger partial charge is 0.324 e. The van der Waals surface area contributed by atoms with Crippen LogP contribution in [-0.2, 0) is 0 Å². The zero-order valence-corrected chi connectivity index (χ0v) is 11.2. The van der Waals surface area contributed by atoms with E-state index >= 15 is 0 Å². The Morgan fingerprint density at radius 3 is 2.35 bits per heavy atom. The molecular weight excluding hydrogens is 252 g/mol. The highest BCUT2D eigenvalue weighted by atomic mass is 16.1. The first kappa shape index (κ1) is 12.4. The Hall–Kier alpha value is -2.67. The summed E-state index contributed by atoms with van der Waals surface area (Å²) in [6.07, 6.45) is 0. The monoisotopic (exact) mass is 264 g/mol. The van der Waals surface area contributed by atoms with Crippen LogP contribution in [0.5, 0.6) is 0 Å². The Labute approximate surface area is 115 Å². The molecule has 1 aliphatic carbocycles. The van der Waals surface area contributed by atoms with Crippen molar-refractivity contribution in [1.29, 1.82) is 5.26 Å². The number of nitrogens with one attached hydrogen (secondary N) is 1. The predicted octanol–water partition coefficient (Wildman–Crippen LogP) is 2.58. The first-order valence-corrected chi connectivity index (χ1v) is 6.40. The van der Waals surface area contributed by atoms with Gasteiger partial charge >= 0.3 is 0 Å². The average Bonchev–Trinajstić information content (AvgIpc) is 2.72. The summed E-state index contributed by atoms with van der Waals surface area (Å²) < 4.78 is 0. The molecule has 1 aromatic carbocycles. The van der Waals surface area contributed by atoms with Crippen molar-refractivity contribution < 1.29 is 4.79 Å². The smallest absolute Gasteiger partial charge is 0.266 e. The van der Waals surface area contributed by atoms with Gasteiger partial charge in [0.2, 0.25) is 0 Å². The molecule has 0 radical (unpaired) electrons.